The second kappa shape index (κ2) is 7.56. The lowest BCUT2D eigenvalue weighted by Gasteiger charge is -2.32. The summed E-state index contributed by atoms with van der Waals surface area (Å²) in [6.07, 6.45) is 7.63. The Hall–Kier alpha value is -2.24. The Morgan fingerprint density at radius 1 is 1.00 bits per heavy atom. The third kappa shape index (κ3) is 3.94. The second-order valence-electron chi connectivity index (χ2n) is 7.60. The van der Waals surface area contributed by atoms with E-state index >= 15 is 0 Å². The van der Waals surface area contributed by atoms with Crippen LogP contribution in [0.15, 0.2) is 18.5 Å². The first-order valence-corrected chi connectivity index (χ1v) is 9.69. The maximum Gasteiger partial charge on any atom is 0.225 e. The van der Waals surface area contributed by atoms with Gasteiger partial charge in [0.25, 0.3) is 0 Å². The van der Waals surface area contributed by atoms with Crippen molar-refractivity contribution in [1.29, 1.82) is 0 Å². The number of nitrogens with zero attached hydrogens (tertiary/aromatic N) is 5. The van der Waals surface area contributed by atoms with Crippen LogP contribution in [0.2, 0.25) is 0 Å². The molecule has 0 unspecified atom stereocenters. The maximum atomic E-state index is 5.98. The number of anilines is 1. The van der Waals surface area contributed by atoms with Crippen LogP contribution in [-0.2, 0) is 0 Å². The van der Waals surface area contributed by atoms with Crippen LogP contribution < -0.4 is 9.64 Å². The highest BCUT2D eigenvalue weighted by atomic mass is 16.5. The number of aromatic nitrogens is 4. The summed E-state index contributed by atoms with van der Waals surface area (Å²) < 4.78 is 5.98. The van der Waals surface area contributed by atoms with Gasteiger partial charge >= 0.3 is 0 Å². The summed E-state index contributed by atoms with van der Waals surface area (Å²) in [5, 5.41) is 0. The summed E-state index contributed by atoms with van der Waals surface area (Å²) in [4.78, 5) is 20.1. The number of piperidine rings is 1. The third-order valence-electron chi connectivity index (χ3n) is 5.52. The van der Waals surface area contributed by atoms with Crippen molar-refractivity contribution >= 4 is 5.95 Å². The maximum absolute atomic E-state index is 5.98. The van der Waals surface area contributed by atoms with E-state index in [1.165, 1.54) is 19.3 Å². The quantitative estimate of drug-likeness (QED) is 0.820. The van der Waals surface area contributed by atoms with Gasteiger partial charge in [-0.2, -0.15) is 0 Å². The molecule has 0 radical (unpaired) electrons. The van der Waals surface area contributed by atoms with Crippen molar-refractivity contribution in [3.8, 4) is 5.88 Å². The Labute approximate surface area is 155 Å². The third-order valence-corrected chi connectivity index (χ3v) is 5.52. The van der Waals surface area contributed by atoms with Gasteiger partial charge in [-0.3, -0.25) is 0 Å². The van der Waals surface area contributed by atoms with Gasteiger partial charge in [-0.1, -0.05) is 6.42 Å². The van der Waals surface area contributed by atoms with E-state index in [2.05, 4.69) is 24.8 Å². The van der Waals surface area contributed by atoms with Crippen LogP contribution in [0.3, 0.4) is 0 Å². The first-order valence-electron chi connectivity index (χ1n) is 9.69. The van der Waals surface area contributed by atoms with Gasteiger partial charge in [0.05, 0.1) is 12.3 Å². The highest BCUT2D eigenvalue weighted by molar-refractivity contribution is 5.32. The molecule has 1 aliphatic heterocycles. The molecule has 2 fully saturated rings. The smallest absolute Gasteiger partial charge is 0.225 e. The normalized spacial score (nSPS) is 18.6. The first kappa shape index (κ1) is 17.2. The molecule has 26 heavy (non-hydrogen) atoms. The Bertz CT molecular complexity index is 733. The minimum absolute atomic E-state index is 0.555. The zero-order chi connectivity index (χ0) is 17.9. The van der Waals surface area contributed by atoms with Gasteiger partial charge < -0.3 is 9.64 Å². The molecule has 1 aliphatic carbocycles. The molecule has 6 heteroatoms. The summed E-state index contributed by atoms with van der Waals surface area (Å²) in [5.74, 6) is 2.76. The van der Waals surface area contributed by atoms with Gasteiger partial charge in [0, 0.05) is 36.5 Å². The number of rotatable bonds is 5. The van der Waals surface area contributed by atoms with Crippen molar-refractivity contribution in [2.75, 3.05) is 24.6 Å². The van der Waals surface area contributed by atoms with Crippen molar-refractivity contribution < 1.29 is 4.74 Å². The van der Waals surface area contributed by atoms with Crippen LogP contribution in [0.4, 0.5) is 5.95 Å². The van der Waals surface area contributed by atoms with E-state index < -0.39 is 0 Å². The molecule has 0 atom stereocenters. The van der Waals surface area contributed by atoms with Crippen LogP contribution in [0, 0.1) is 19.8 Å². The first-order chi connectivity index (χ1) is 12.7. The van der Waals surface area contributed by atoms with Gasteiger partial charge in [-0.25, -0.2) is 19.9 Å². The largest absolute Gasteiger partial charge is 0.477 e. The molecular weight excluding hydrogens is 326 g/mol. The predicted octanol–water partition coefficient (Wildman–Crippen LogP) is 3.45. The molecule has 0 amide bonds. The lowest BCUT2D eigenvalue weighted by molar-refractivity contribution is 0.214. The number of hydrogen-bond donors (Lipinski definition) is 0. The van der Waals surface area contributed by atoms with E-state index in [0.717, 1.165) is 61.4 Å². The molecule has 0 spiro atoms. The summed E-state index contributed by atoms with van der Waals surface area (Å²) in [6.45, 7) is 6.74. The highest BCUT2D eigenvalue weighted by Gasteiger charge is 2.23. The van der Waals surface area contributed by atoms with Crippen LogP contribution in [0.5, 0.6) is 5.88 Å². The number of ether oxygens (including phenoxy) is 1. The fraction of sp³-hybridized carbons (Fsp3) is 0.600. The Morgan fingerprint density at radius 3 is 2.38 bits per heavy atom. The minimum atomic E-state index is 0.555. The SMILES string of the molecule is Cc1cc(C)nc(N2CCC(COc3cc(C4CCC4)ncn3)CC2)n1. The van der Waals surface area contributed by atoms with E-state index in [4.69, 9.17) is 4.74 Å². The van der Waals surface area contributed by atoms with Crippen molar-refractivity contribution in [1.82, 2.24) is 19.9 Å². The fourth-order valence-corrected chi connectivity index (χ4v) is 3.71. The van der Waals surface area contributed by atoms with Crippen molar-refractivity contribution in [2.24, 2.45) is 5.92 Å². The summed E-state index contributed by atoms with van der Waals surface area (Å²) in [7, 11) is 0. The van der Waals surface area contributed by atoms with Crippen molar-refractivity contribution in [2.45, 2.75) is 51.9 Å². The Kier molecular flexibility index (Phi) is 5.00. The molecule has 2 aliphatic rings. The number of hydrogen-bond acceptors (Lipinski definition) is 6. The Morgan fingerprint density at radius 2 is 1.73 bits per heavy atom. The predicted molar refractivity (Wildman–Crippen MR) is 101 cm³/mol. The zero-order valence-corrected chi connectivity index (χ0v) is 15.7. The van der Waals surface area contributed by atoms with Gasteiger partial charge in [-0.05, 0) is 51.5 Å². The average molecular weight is 353 g/mol. The molecule has 1 saturated heterocycles. The van der Waals surface area contributed by atoms with Crippen LogP contribution >= 0.6 is 0 Å². The summed E-state index contributed by atoms with van der Waals surface area (Å²) in [6, 6.07) is 4.05. The molecule has 0 aromatic carbocycles. The van der Waals surface area contributed by atoms with E-state index in [9.17, 15) is 0 Å². The topological polar surface area (TPSA) is 64.0 Å². The molecule has 1 saturated carbocycles. The molecule has 3 heterocycles. The van der Waals surface area contributed by atoms with Crippen LogP contribution in [0.1, 0.15) is 55.1 Å². The lowest BCUT2D eigenvalue weighted by atomic mass is 9.83. The van der Waals surface area contributed by atoms with Crippen LogP contribution in [-0.4, -0.2) is 39.6 Å². The molecule has 138 valence electrons. The van der Waals surface area contributed by atoms with Gasteiger partial charge in [0.2, 0.25) is 11.8 Å². The molecule has 0 N–H and O–H groups in total. The number of aryl methyl sites for hydroxylation is 2. The van der Waals surface area contributed by atoms with Gasteiger partial charge in [0.15, 0.2) is 0 Å². The van der Waals surface area contributed by atoms with Crippen molar-refractivity contribution in [3.63, 3.8) is 0 Å². The monoisotopic (exact) mass is 353 g/mol. The molecule has 2 aromatic rings. The van der Waals surface area contributed by atoms with Gasteiger partial charge in [-0.15, -0.1) is 0 Å². The van der Waals surface area contributed by atoms with Crippen molar-refractivity contribution in [3.05, 3.63) is 35.5 Å². The molecule has 6 nitrogen and oxygen atoms in total. The second-order valence-corrected chi connectivity index (χ2v) is 7.60. The van der Waals surface area contributed by atoms with Crippen LogP contribution in [0.25, 0.3) is 0 Å². The summed E-state index contributed by atoms with van der Waals surface area (Å²) in [5.41, 5.74) is 3.20. The van der Waals surface area contributed by atoms with E-state index in [1.807, 2.05) is 26.0 Å². The highest BCUT2D eigenvalue weighted by Crippen LogP contribution is 2.35. The fourth-order valence-electron chi connectivity index (χ4n) is 3.71. The molecular formula is C20H27N5O. The molecule has 4 rings (SSSR count). The molecule has 2 aromatic heterocycles. The lowest BCUT2D eigenvalue weighted by Crippen LogP contribution is -2.36. The van der Waals surface area contributed by atoms with E-state index in [-0.39, 0.29) is 0 Å². The molecule has 0 bridgehead atoms. The van der Waals surface area contributed by atoms with E-state index in [1.54, 1.807) is 6.33 Å². The van der Waals surface area contributed by atoms with Gasteiger partial charge in [0.1, 0.15) is 6.33 Å². The zero-order valence-electron chi connectivity index (χ0n) is 15.7. The Balaban J connectivity index is 1.29. The van der Waals surface area contributed by atoms with E-state index in [0.29, 0.717) is 11.8 Å². The summed E-state index contributed by atoms with van der Waals surface area (Å²) >= 11 is 0. The standard InChI is InChI=1S/C20H27N5O/c1-14-10-15(2)24-20(23-14)25-8-6-16(7-9-25)12-26-19-11-18(21-13-22-19)17-4-3-5-17/h10-11,13,16-17H,3-9,12H2,1-2H3. The minimum Gasteiger partial charge on any atom is -0.477 e. The average Bonchev–Trinajstić information content (AvgIpc) is 2.58.